The second-order valence-corrected chi connectivity index (χ2v) is 6.52. The predicted molar refractivity (Wildman–Crippen MR) is 102 cm³/mol. The number of ether oxygens (including phenoxy) is 2. The molecule has 0 fully saturated rings. The number of hydrogen-bond acceptors (Lipinski definition) is 6. The van der Waals surface area contributed by atoms with Gasteiger partial charge in [-0.1, -0.05) is 29.5 Å². The van der Waals surface area contributed by atoms with Crippen LogP contribution in [0.5, 0.6) is 11.5 Å². The van der Waals surface area contributed by atoms with E-state index in [2.05, 4.69) is 10.2 Å². The third-order valence-corrected chi connectivity index (χ3v) is 5.00. The maximum atomic E-state index is 12.6. The van der Waals surface area contributed by atoms with Crippen LogP contribution in [0.15, 0.2) is 48.5 Å². The van der Waals surface area contributed by atoms with Crippen LogP contribution >= 0.6 is 11.3 Å². The number of nitrogens with zero attached hydrogens (tertiary/aromatic N) is 3. The number of rotatable bonds is 6. The third kappa shape index (κ3) is 3.83. The molecule has 0 radical (unpaired) electrons. The smallest absolute Gasteiger partial charge is 0.233 e. The molecule has 0 aliphatic heterocycles. The van der Waals surface area contributed by atoms with Crippen LogP contribution in [0.1, 0.15) is 5.56 Å². The van der Waals surface area contributed by atoms with Crippen molar-refractivity contribution in [3.63, 3.8) is 0 Å². The predicted octanol–water partition coefficient (Wildman–Crippen LogP) is 3.43. The Bertz CT molecular complexity index is 893. The highest BCUT2D eigenvalue weighted by Gasteiger charge is 2.18. The van der Waals surface area contributed by atoms with E-state index in [0.717, 1.165) is 21.9 Å². The van der Waals surface area contributed by atoms with Crippen LogP contribution in [-0.4, -0.2) is 37.4 Å². The zero-order valence-electron chi connectivity index (χ0n) is 14.8. The molecular formula is C19H19N3O3S. The van der Waals surface area contributed by atoms with E-state index < -0.39 is 0 Å². The summed E-state index contributed by atoms with van der Waals surface area (Å²) in [5, 5.41) is 9.65. The molecular weight excluding hydrogens is 350 g/mol. The molecule has 0 saturated heterocycles. The highest BCUT2D eigenvalue weighted by atomic mass is 32.1. The molecule has 3 aromatic rings. The number of aromatic nitrogens is 2. The first-order valence-corrected chi connectivity index (χ1v) is 8.80. The summed E-state index contributed by atoms with van der Waals surface area (Å²) >= 11 is 1.37. The van der Waals surface area contributed by atoms with Crippen LogP contribution in [0.25, 0.3) is 10.6 Å². The third-order valence-electron chi connectivity index (χ3n) is 3.95. The Morgan fingerprint density at radius 2 is 1.77 bits per heavy atom. The second-order valence-electron chi connectivity index (χ2n) is 5.56. The SMILES string of the molecule is COc1ccc(-c2nnc(N(C)C(=O)Cc3ccccc3OC)s2)cc1. The Kier molecular flexibility index (Phi) is 5.48. The Balaban J connectivity index is 1.74. The number of para-hydroxylation sites is 1. The van der Waals surface area contributed by atoms with Gasteiger partial charge in [-0.3, -0.25) is 9.69 Å². The number of anilines is 1. The van der Waals surface area contributed by atoms with Gasteiger partial charge in [0, 0.05) is 18.2 Å². The van der Waals surface area contributed by atoms with Gasteiger partial charge in [0.25, 0.3) is 0 Å². The lowest BCUT2D eigenvalue weighted by molar-refractivity contribution is -0.117. The van der Waals surface area contributed by atoms with E-state index in [-0.39, 0.29) is 12.3 Å². The van der Waals surface area contributed by atoms with Crippen LogP contribution in [0.3, 0.4) is 0 Å². The quantitative estimate of drug-likeness (QED) is 0.666. The van der Waals surface area contributed by atoms with Gasteiger partial charge in [-0.2, -0.15) is 0 Å². The first kappa shape index (κ1) is 17.9. The van der Waals surface area contributed by atoms with Gasteiger partial charge >= 0.3 is 0 Å². The molecule has 0 unspecified atom stereocenters. The Morgan fingerprint density at radius 1 is 1.04 bits per heavy atom. The molecule has 26 heavy (non-hydrogen) atoms. The molecule has 0 aliphatic rings. The van der Waals surface area contributed by atoms with Crippen molar-refractivity contribution < 1.29 is 14.3 Å². The van der Waals surface area contributed by atoms with Crippen molar-refractivity contribution >= 4 is 22.4 Å². The first-order valence-electron chi connectivity index (χ1n) is 7.98. The molecule has 1 aromatic heterocycles. The molecule has 0 bridgehead atoms. The summed E-state index contributed by atoms with van der Waals surface area (Å²) in [7, 11) is 4.93. The van der Waals surface area contributed by atoms with E-state index in [1.54, 1.807) is 21.3 Å². The normalized spacial score (nSPS) is 10.4. The van der Waals surface area contributed by atoms with Gasteiger partial charge in [-0.15, -0.1) is 10.2 Å². The lowest BCUT2D eigenvalue weighted by Crippen LogP contribution is -2.27. The molecule has 0 atom stereocenters. The number of amides is 1. The fourth-order valence-corrected chi connectivity index (χ4v) is 3.27. The van der Waals surface area contributed by atoms with Gasteiger partial charge in [0.2, 0.25) is 11.0 Å². The zero-order valence-corrected chi connectivity index (χ0v) is 15.6. The van der Waals surface area contributed by atoms with Crippen molar-refractivity contribution in [2.75, 3.05) is 26.2 Å². The fraction of sp³-hybridized carbons (Fsp3) is 0.211. The summed E-state index contributed by atoms with van der Waals surface area (Å²) in [6, 6.07) is 15.1. The maximum absolute atomic E-state index is 12.6. The van der Waals surface area contributed by atoms with Crippen molar-refractivity contribution in [3.05, 3.63) is 54.1 Å². The van der Waals surface area contributed by atoms with Gasteiger partial charge in [0.1, 0.15) is 16.5 Å². The van der Waals surface area contributed by atoms with Crippen molar-refractivity contribution in [3.8, 4) is 22.1 Å². The topological polar surface area (TPSA) is 64.6 Å². The average molecular weight is 369 g/mol. The first-order chi connectivity index (χ1) is 12.6. The van der Waals surface area contributed by atoms with Gasteiger partial charge in [-0.05, 0) is 30.3 Å². The standard InChI is InChI=1S/C19H19N3O3S/c1-22(17(23)12-14-6-4-5-7-16(14)25-3)19-21-20-18(26-19)13-8-10-15(24-2)11-9-13/h4-11H,12H2,1-3H3. The van der Waals surface area contributed by atoms with Crippen LogP contribution in [0, 0.1) is 0 Å². The number of methoxy groups -OCH3 is 2. The molecule has 3 rings (SSSR count). The number of carbonyl (C=O) groups excluding carboxylic acids is 1. The monoisotopic (exact) mass is 369 g/mol. The maximum Gasteiger partial charge on any atom is 0.233 e. The second kappa shape index (κ2) is 7.97. The lowest BCUT2D eigenvalue weighted by Gasteiger charge is -2.14. The Hall–Kier alpha value is -2.93. The lowest BCUT2D eigenvalue weighted by atomic mass is 10.1. The van der Waals surface area contributed by atoms with Crippen LogP contribution in [-0.2, 0) is 11.2 Å². The molecule has 2 aromatic carbocycles. The molecule has 0 saturated carbocycles. The van der Waals surface area contributed by atoms with E-state index >= 15 is 0 Å². The molecule has 134 valence electrons. The molecule has 0 N–H and O–H groups in total. The van der Waals surface area contributed by atoms with Crippen molar-refractivity contribution in [1.82, 2.24) is 10.2 Å². The molecule has 1 heterocycles. The number of carbonyl (C=O) groups is 1. The van der Waals surface area contributed by atoms with Crippen LogP contribution in [0.2, 0.25) is 0 Å². The summed E-state index contributed by atoms with van der Waals surface area (Å²) in [4.78, 5) is 14.1. The van der Waals surface area contributed by atoms with Crippen molar-refractivity contribution in [1.29, 1.82) is 0 Å². The minimum atomic E-state index is -0.0769. The number of likely N-dealkylation sites (N-methyl/N-ethyl adjacent to an activating group) is 1. The van der Waals surface area contributed by atoms with Gasteiger partial charge in [0.05, 0.1) is 20.6 Å². The van der Waals surface area contributed by atoms with E-state index in [1.807, 2.05) is 48.5 Å². The van der Waals surface area contributed by atoms with Crippen LogP contribution in [0.4, 0.5) is 5.13 Å². The Morgan fingerprint density at radius 3 is 2.46 bits per heavy atom. The Labute approximate surface area is 156 Å². The minimum Gasteiger partial charge on any atom is -0.497 e. The number of hydrogen-bond donors (Lipinski definition) is 0. The number of benzene rings is 2. The van der Waals surface area contributed by atoms with Gasteiger partial charge in [0.15, 0.2) is 0 Å². The van der Waals surface area contributed by atoms with E-state index in [9.17, 15) is 4.79 Å². The molecule has 1 amide bonds. The highest BCUT2D eigenvalue weighted by Crippen LogP contribution is 2.30. The summed E-state index contributed by atoms with van der Waals surface area (Å²) in [5.74, 6) is 1.40. The van der Waals surface area contributed by atoms with Gasteiger partial charge < -0.3 is 9.47 Å². The van der Waals surface area contributed by atoms with E-state index in [0.29, 0.717) is 10.9 Å². The molecule has 0 spiro atoms. The summed E-state index contributed by atoms with van der Waals surface area (Å²) in [5.41, 5.74) is 1.77. The average Bonchev–Trinajstić information content (AvgIpc) is 3.18. The molecule has 7 heteroatoms. The molecule has 6 nitrogen and oxygen atoms in total. The highest BCUT2D eigenvalue weighted by molar-refractivity contribution is 7.18. The fourth-order valence-electron chi connectivity index (χ4n) is 2.44. The van der Waals surface area contributed by atoms with E-state index in [4.69, 9.17) is 9.47 Å². The van der Waals surface area contributed by atoms with Crippen molar-refractivity contribution in [2.45, 2.75) is 6.42 Å². The van der Waals surface area contributed by atoms with Gasteiger partial charge in [-0.25, -0.2) is 0 Å². The van der Waals surface area contributed by atoms with Crippen LogP contribution < -0.4 is 14.4 Å². The summed E-state index contributed by atoms with van der Waals surface area (Å²) in [6.45, 7) is 0. The minimum absolute atomic E-state index is 0.0769. The molecule has 0 aliphatic carbocycles. The summed E-state index contributed by atoms with van der Waals surface area (Å²) < 4.78 is 10.5. The summed E-state index contributed by atoms with van der Waals surface area (Å²) in [6.07, 6.45) is 0.234. The largest absolute Gasteiger partial charge is 0.497 e. The zero-order chi connectivity index (χ0) is 18.5. The van der Waals surface area contributed by atoms with E-state index in [1.165, 1.54) is 16.2 Å². The van der Waals surface area contributed by atoms with Crippen molar-refractivity contribution in [2.24, 2.45) is 0 Å².